The molecule has 24 heavy (non-hydrogen) atoms. The van der Waals surface area contributed by atoms with Crippen LogP contribution in [0.1, 0.15) is 33.5 Å². The highest BCUT2D eigenvalue weighted by Crippen LogP contribution is 2.34. The quantitative estimate of drug-likeness (QED) is 0.613. The van der Waals surface area contributed by atoms with Gasteiger partial charge in [-0.05, 0) is 41.3 Å². The Labute approximate surface area is 151 Å². The van der Waals surface area contributed by atoms with E-state index in [1.165, 1.54) is 11.3 Å². The molecule has 1 aliphatic heterocycles. The summed E-state index contributed by atoms with van der Waals surface area (Å²) in [7, 11) is 0. The lowest BCUT2D eigenvalue weighted by Gasteiger charge is -2.18. The van der Waals surface area contributed by atoms with E-state index in [9.17, 15) is 4.79 Å². The van der Waals surface area contributed by atoms with Crippen molar-refractivity contribution in [3.63, 3.8) is 0 Å². The van der Waals surface area contributed by atoms with Crippen LogP contribution in [0.3, 0.4) is 0 Å². The maximum Gasteiger partial charge on any atom is 0.284 e. The zero-order valence-electron chi connectivity index (χ0n) is 12.6. The van der Waals surface area contributed by atoms with Gasteiger partial charge in [-0.1, -0.05) is 34.1 Å². The van der Waals surface area contributed by atoms with Gasteiger partial charge < -0.3 is 4.42 Å². The molecule has 1 amide bonds. The van der Waals surface area contributed by atoms with Crippen LogP contribution < -0.4 is 0 Å². The average molecular weight is 401 g/mol. The SMILES string of the molecule is O=C(c1cccs1)N1N=C(c2ccc(Br)cc2)CC1c1ccco1. The summed E-state index contributed by atoms with van der Waals surface area (Å²) in [6, 6.07) is 15.2. The van der Waals surface area contributed by atoms with Crippen molar-refractivity contribution in [2.24, 2.45) is 5.10 Å². The fraction of sp³-hybridized carbons (Fsp3) is 0.111. The van der Waals surface area contributed by atoms with E-state index in [2.05, 4.69) is 21.0 Å². The molecular formula is C18H13BrN2O2S. The van der Waals surface area contributed by atoms with Crippen LogP contribution in [-0.4, -0.2) is 16.6 Å². The number of carbonyl (C=O) groups excluding carboxylic acids is 1. The number of halogens is 1. The van der Waals surface area contributed by atoms with Crippen LogP contribution in [0, 0.1) is 0 Å². The van der Waals surface area contributed by atoms with Crippen molar-refractivity contribution in [1.29, 1.82) is 0 Å². The third-order valence-electron chi connectivity index (χ3n) is 3.90. The number of thiophene rings is 1. The molecule has 1 unspecified atom stereocenters. The molecule has 1 aromatic carbocycles. The summed E-state index contributed by atoms with van der Waals surface area (Å²) in [6.07, 6.45) is 2.26. The topological polar surface area (TPSA) is 45.8 Å². The molecule has 0 fully saturated rings. The van der Waals surface area contributed by atoms with E-state index in [-0.39, 0.29) is 11.9 Å². The zero-order chi connectivity index (χ0) is 16.5. The number of rotatable bonds is 3. The first-order valence-corrected chi connectivity index (χ1v) is 9.13. The van der Waals surface area contributed by atoms with Gasteiger partial charge in [-0.15, -0.1) is 11.3 Å². The number of amides is 1. The van der Waals surface area contributed by atoms with Gasteiger partial charge in [0.05, 0.1) is 16.9 Å². The molecule has 0 saturated carbocycles. The molecule has 1 atom stereocenters. The first-order valence-electron chi connectivity index (χ1n) is 7.46. The number of hydrogen-bond acceptors (Lipinski definition) is 4. The lowest BCUT2D eigenvalue weighted by atomic mass is 10.0. The molecule has 6 heteroatoms. The number of benzene rings is 1. The molecule has 1 aliphatic rings. The molecule has 0 saturated heterocycles. The van der Waals surface area contributed by atoms with Gasteiger partial charge in [0.15, 0.2) is 0 Å². The molecule has 0 radical (unpaired) electrons. The van der Waals surface area contributed by atoms with Crippen LogP contribution in [0.4, 0.5) is 0 Å². The predicted octanol–water partition coefficient (Wildman–Crippen LogP) is 5.10. The summed E-state index contributed by atoms with van der Waals surface area (Å²) in [6.45, 7) is 0. The van der Waals surface area contributed by atoms with E-state index in [0.29, 0.717) is 11.3 Å². The van der Waals surface area contributed by atoms with Crippen molar-refractivity contribution in [3.05, 3.63) is 80.8 Å². The van der Waals surface area contributed by atoms with Crippen molar-refractivity contribution in [1.82, 2.24) is 5.01 Å². The zero-order valence-corrected chi connectivity index (χ0v) is 15.0. The van der Waals surface area contributed by atoms with Gasteiger partial charge in [0, 0.05) is 10.9 Å². The minimum absolute atomic E-state index is 0.0986. The highest BCUT2D eigenvalue weighted by atomic mass is 79.9. The van der Waals surface area contributed by atoms with E-state index >= 15 is 0 Å². The molecule has 0 spiro atoms. The second-order valence-corrected chi connectivity index (χ2v) is 7.28. The molecule has 2 aromatic heterocycles. The Kier molecular flexibility index (Phi) is 4.08. The Morgan fingerprint density at radius 1 is 1.21 bits per heavy atom. The third-order valence-corrected chi connectivity index (χ3v) is 5.29. The van der Waals surface area contributed by atoms with Gasteiger partial charge in [-0.3, -0.25) is 4.79 Å². The van der Waals surface area contributed by atoms with Crippen LogP contribution in [0.5, 0.6) is 0 Å². The summed E-state index contributed by atoms with van der Waals surface area (Å²) >= 11 is 4.86. The smallest absolute Gasteiger partial charge is 0.284 e. The van der Waals surface area contributed by atoms with Crippen LogP contribution in [0.15, 0.2) is 74.2 Å². The van der Waals surface area contributed by atoms with Gasteiger partial charge in [-0.25, -0.2) is 5.01 Å². The number of carbonyl (C=O) groups is 1. The van der Waals surface area contributed by atoms with Crippen LogP contribution in [0.25, 0.3) is 0 Å². The molecule has 0 bridgehead atoms. The lowest BCUT2D eigenvalue weighted by molar-refractivity contribution is 0.0698. The summed E-state index contributed by atoms with van der Waals surface area (Å²) in [5.41, 5.74) is 1.89. The third kappa shape index (κ3) is 2.83. The Bertz CT molecular complexity index is 870. The first kappa shape index (κ1) is 15.4. The fourth-order valence-electron chi connectivity index (χ4n) is 2.73. The highest BCUT2D eigenvalue weighted by Gasteiger charge is 2.35. The Morgan fingerprint density at radius 3 is 2.71 bits per heavy atom. The molecule has 4 rings (SSSR count). The Balaban J connectivity index is 1.71. The average Bonchev–Trinajstić information content (AvgIpc) is 3.34. The Hall–Kier alpha value is -2.18. The number of hydrazone groups is 1. The normalized spacial score (nSPS) is 17.1. The van der Waals surface area contributed by atoms with Crippen molar-refractivity contribution in [2.45, 2.75) is 12.5 Å². The van der Waals surface area contributed by atoms with E-state index in [0.717, 1.165) is 21.5 Å². The molecule has 0 N–H and O–H groups in total. The second-order valence-electron chi connectivity index (χ2n) is 5.42. The Morgan fingerprint density at radius 2 is 2.04 bits per heavy atom. The highest BCUT2D eigenvalue weighted by molar-refractivity contribution is 9.10. The van der Waals surface area contributed by atoms with Crippen molar-refractivity contribution >= 4 is 38.9 Å². The van der Waals surface area contributed by atoms with Crippen LogP contribution >= 0.6 is 27.3 Å². The predicted molar refractivity (Wildman–Crippen MR) is 97.2 cm³/mol. The second kappa shape index (κ2) is 6.37. The maximum atomic E-state index is 12.8. The molecule has 120 valence electrons. The van der Waals surface area contributed by atoms with Crippen LogP contribution in [0.2, 0.25) is 0 Å². The molecular weight excluding hydrogens is 388 g/mol. The largest absolute Gasteiger partial charge is 0.467 e. The monoisotopic (exact) mass is 400 g/mol. The summed E-state index contributed by atoms with van der Waals surface area (Å²) in [4.78, 5) is 13.5. The summed E-state index contributed by atoms with van der Waals surface area (Å²) < 4.78 is 6.56. The van der Waals surface area contributed by atoms with Gasteiger partial charge >= 0.3 is 0 Å². The van der Waals surface area contributed by atoms with Gasteiger partial charge in [0.25, 0.3) is 5.91 Å². The summed E-state index contributed by atoms with van der Waals surface area (Å²) in [5, 5.41) is 8.05. The minimum atomic E-state index is -0.215. The lowest BCUT2D eigenvalue weighted by Crippen LogP contribution is -2.26. The van der Waals surface area contributed by atoms with Gasteiger partial charge in [0.2, 0.25) is 0 Å². The number of furan rings is 1. The number of hydrogen-bond donors (Lipinski definition) is 0. The van der Waals surface area contributed by atoms with E-state index in [4.69, 9.17) is 4.42 Å². The van der Waals surface area contributed by atoms with E-state index in [1.54, 1.807) is 11.3 Å². The number of nitrogens with zero attached hydrogens (tertiary/aromatic N) is 2. The van der Waals surface area contributed by atoms with Gasteiger partial charge in [0.1, 0.15) is 11.8 Å². The molecule has 0 aliphatic carbocycles. The van der Waals surface area contributed by atoms with Crippen molar-refractivity contribution < 1.29 is 9.21 Å². The summed E-state index contributed by atoms with van der Waals surface area (Å²) in [5.74, 6) is 0.647. The van der Waals surface area contributed by atoms with Crippen molar-refractivity contribution in [2.75, 3.05) is 0 Å². The standard InChI is InChI=1S/C18H13BrN2O2S/c19-13-7-5-12(6-8-13)14-11-15(16-3-1-9-23-16)21(20-14)18(22)17-4-2-10-24-17/h1-10,15H,11H2. The maximum absolute atomic E-state index is 12.8. The van der Waals surface area contributed by atoms with E-state index < -0.39 is 0 Å². The first-order chi connectivity index (χ1) is 11.7. The van der Waals surface area contributed by atoms with E-state index in [1.807, 2.05) is 53.9 Å². The molecule has 3 heterocycles. The fourth-order valence-corrected chi connectivity index (χ4v) is 3.65. The van der Waals surface area contributed by atoms with Crippen molar-refractivity contribution in [3.8, 4) is 0 Å². The molecule has 4 nitrogen and oxygen atoms in total. The minimum Gasteiger partial charge on any atom is -0.467 e. The van der Waals surface area contributed by atoms with Gasteiger partial charge in [-0.2, -0.15) is 5.10 Å². The van der Waals surface area contributed by atoms with Crippen LogP contribution in [-0.2, 0) is 0 Å². The molecule has 3 aromatic rings.